The molecule has 0 amide bonds. The zero-order valence-corrected chi connectivity index (χ0v) is 15.3. The fourth-order valence-corrected chi connectivity index (χ4v) is 2.94. The molecule has 22 heavy (non-hydrogen) atoms. The summed E-state index contributed by atoms with van der Waals surface area (Å²) in [4.78, 5) is 12.5. The lowest BCUT2D eigenvalue weighted by Crippen LogP contribution is -3.00. The Morgan fingerprint density at radius 3 is 2.41 bits per heavy atom. The van der Waals surface area contributed by atoms with Gasteiger partial charge in [0.25, 0.3) is 0 Å². The third-order valence-electron chi connectivity index (χ3n) is 3.60. The summed E-state index contributed by atoms with van der Waals surface area (Å²) in [6, 6.07) is 17.8. The van der Waals surface area contributed by atoms with E-state index >= 15 is 0 Å². The molecule has 2 aromatic carbocycles. The second-order valence-corrected chi connectivity index (χ2v) is 5.93. The minimum atomic E-state index is 0. The van der Waals surface area contributed by atoms with Crippen LogP contribution in [0.2, 0.25) is 0 Å². The van der Waals surface area contributed by atoms with Crippen molar-refractivity contribution in [3.63, 3.8) is 0 Å². The lowest BCUT2D eigenvalue weighted by Gasteiger charge is -2.04. The highest BCUT2D eigenvalue weighted by molar-refractivity contribution is 9.10. The molecule has 2 nitrogen and oxygen atoms in total. The van der Waals surface area contributed by atoms with Crippen molar-refractivity contribution in [2.45, 2.75) is 13.5 Å². The van der Waals surface area contributed by atoms with E-state index in [1.807, 2.05) is 54.1 Å². The molecule has 0 aliphatic rings. The number of carbonyl (C=O) groups excluding carboxylic acids is 1. The molecule has 4 heteroatoms. The number of fused-ring (bicyclic) bond motifs is 1. The van der Waals surface area contributed by atoms with Crippen molar-refractivity contribution in [3.05, 3.63) is 76.5 Å². The molecule has 0 atom stereocenters. The topological polar surface area (TPSA) is 20.9 Å². The van der Waals surface area contributed by atoms with Crippen molar-refractivity contribution in [3.8, 4) is 0 Å². The maximum Gasteiger partial charge on any atom is 0.228 e. The Morgan fingerprint density at radius 1 is 1.05 bits per heavy atom. The summed E-state index contributed by atoms with van der Waals surface area (Å²) in [7, 11) is 0. The largest absolute Gasteiger partial charge is 1.00 e. The number of carbonyl (C=O) groups is 1. The maximum atomic E-state index is 12.5. The Hall–Kier alpha value is -1.52. The molecule has 0 aliphatic carbocycles. The minimum absolute atomic E-state index is 0. The molecule has 3 aromatic rings. The van der Waals surface area contributed by atoms with E-state index in [4.69, 9.17) is 0 Å². The average molecular weight is 421 g/mol. The summed E-state index contributed by atoms with van der Waals surface area (Å²) < 4.78 is 2.85. The number of nitrogens with zero attached hydrogens (tertiary/aromatic N) is 1. The summed E-state index contributed by atoms with van der Waals surface area (Å²) >= 11 is 3.44. The van der Waals surface area contributed by atoms with Crippen LogP contribution in [-0.4, -0.2) is 5.78 Å². The summed E-state index contributed by atoms with van der Waals surface area (Å²) in [5.74, 6) is 0.103. The van der Waals surface area contributed by atoms with E-state index < -0.39 is 0 Å². The third kappa shape index (κ3) is 3.45. The molecule has 0 saturated carbocycles. The number of benzene rings is 2. The van der Waals surface area contributed by atoms with Crippen molar-refractivity contribution in [1.82, 2.24) is 0 Å². The lowest BCUT2D eigenvalue weighted by atomic mass is 10.1. The molecular formula is C18H15Br2NO. The zero-order valence-electron chi connectivity index (χ0n) is 12.1. The first-order chi connectivity index (χ1) is 10.1. The normalized spacial score (nSPS) is 10.3. The molecule has 1 aromatic heterocycles. The molecular weight excluding hydrogens is 406 g/mol. The van der Waals surface area contributed by atoms with Crippen LogP contribution in [0.15, 0.2) is 65.3 Å². The number of pyridine rings is 1. The van der Waals surface area contributed by atoms with Crippen molar-refractivity contribution in [2.24, 2.45) is 0 Å². The average Bonchev–Trinajstić information content (AvgIpc) is 2.48. The van der Waals surface area contributed by atoms with E-state index in [0.717, 1.165) is 21.1 Å². The number of Topliss-reactive ketones (excluding diaryl/α,β-unsaturated/α-hetero) is 1. The van der Waals surface area contributed by atoms with Gasteiger partial charge >= 0.3 is 0 Å². The van der Waals surface area contributed by atoms with Crippen LogP contribution in [0, 0.1) is 6.92 Å². The van der Waals surface area contributed by atoms with E-state index in [1.165, 1.54) is 5.39 Å². The fourth-order valence-electron chi connectivity index (χ4n) is 2.44. The number of hydrogen-bond donors (Lipinski definition) is 0. The predicted molar refractivity (Wildman–Crippen MR) is 87.4 cm³/mol. The number of aromatic nitrogens is 1. The standard InChI is InChI=1S/C18H15BrNO.BrH/c1-13-10-14-6-2-3-7-15(14)11-20(13)12-18(21)16-8-4-5-9-17(16)19;/h2-11H,12H2,1H3;1H/q+1;/p-1. The highest BCUT2D eigenvalue weighted by Crippen LogP contribution is 2.17. The van der Waals surface area contributed by atoms with Crippen LogP contribution < -0.4 is 21.5 Å². The van der Waals surface area contributed by atoms with E-state index in [0.29, 0.717) is 6.54 Å². The molecule has 0 unspecified atom stereocenters. The first-order valence-corrected chi connectivity index (χ1v) is 7.61. The molecule has 0 bridgehead atoms. The molecule has 0 saturated heterocycles. The van der Waals surface area contributed by atoms with Crippen molar-refractivity contribution in [1.29, 1.82) is 0 Å². The molecule has 0 aliphatic heterocycles. The van der Waals surface area contributed by atoms with Crippen LogP contribution in [0.3, 0.4) is 0 Å². The molecule has 3 rings (SSSR count). The summed E-state index contributed by atoms with van der Waals surface area (Å²) in [5.41, 5.74) is 1.80. The maximum absolute atomic E-state index is 12.5. The highest BCUT2D eigenvalue weighted by Gasteiger charge is 2.17. The summed E-state index contributed by atoms with van der Waals surface area (Å²) in [5, 5.41) is 2.34. The van der Waals surface area contributed by atoms with E-state index in [1.54, 1.807) is 0 Å². The monoisotopic (exact) mass is 419 g/mol. The first-order valence-electron chi connectivity index (χ1n) is 6.82. The second kappa shape index (κ2) is 7.16. The van der Waals surface area contributed by atoms with Crippen LogP contribution in [0.4, 0.5) is 0 Å². The van der Waals surface area contributed by atoms with Gasteiger partial charge in [-0.2, -0.15) is 4.57 Å². The van der Waals surface area contributed by atoms with Crippen LogP contribution >= 0.6 is 15.9 Å². The van der Waals surface area contributed by atoms with Gasteiger partial charge in [-0.05, 0) is 17.5 Å². The molecule has 0 radical (unpaired) electrons. The highest BCUT2D eigenvalue weighted by atomic mass is 79.9. The van der Waals surface area contributed by atoms with E-state index in [2.05, 4.69) is 34.1 Å². The molecule has 0 fully saturated rings. The number of halogens is 2. The Bertz CT molecular complexity index is 830. The zero-order chi connectivity index (χ0) is 14.8. The number of rotatable bonds is 3. The second-order valence-electron chi connectivity index (χ2n) is 5.07. The predicted octanol–water partition coefficient (Wildman–Crippen LogP) is 1.09. The van der Waals surface area contributed by atoms with Gasteiger partial charge in [-0.25, -0.2) is 0 Å². The molecule has 0 N–H and O–H groups in total. The van der Waals surface area contributed by atoms with Crippen LogP contribution in [0.25, 0.3) is 10.8 Å². The number of ketones is 1. The fraction of sp³-hybridized carbons (Fsp3) is 0.111. The molecule has 1 heterocycles. The molecule has 112 valence electrons. The SMILES string of the molecule is Cc1cc2ccccc2c[n+]1CC(=O)c1ccccc1Br.[Br-]. The van der Waals surface area contributed by atoms with Gasteiger partial charge < -0.3 is 17.0 Å². The van der Waals surface area contributed by atoms with Crippen molar-refractivity contribution in [2.75, 3.05) is 0 Å². The van der Waals surface area contributed by atoms with Gasteiger partial charge in [0, 0.05) is 28.4 Å². The van der Waals surface area contributed by atoms with Crippen molar-refractivity contribution < 1.29 is 26.3 Å². The first kappa shape index (κ1) is 16.8. The number of hydrogen-bond acceptors (Lipinski definition) is 1. The Balaban J connectivity index is 0.00000176. The lowest BCUT2D eigenvalue weighted by molar-refractivity contribution is -0.687. The van der Waals surface area contributed by atoms with Gasteiger partial charge in [-0.1, -0.05) is 52.3 Å². The van der Waals surface area contributed by atoms with Gasteiger partial charge in [0.05, 0.1) is 0 Å². The summed E-state index contributed by atoms with van der Waals surface area (Å²) in [6.07, 6.45) is 2.04. The Kier molecular flexibility index (Phi) is 5.48. The minimum Gasteiger partial charge on any atom is -1.00 e. The van der Waals surface area contributed by atoms with Crippen LogP contribution in [-0.2, 0) is 6.54 Å². The van der Waals surface area contributed by atoms with Gasteiger partial charge in [0.2, 0.25) is 12.3 Å². The van der Waals surface area contributed by atoms with Crippen molar-refractivity contribution >= 4 is 32.5 Å². The smallest absolute Gasteiger partial charge is 0.228 e. The third-order valence-corrected chi connectivity index (χ3v) is 4.29. The van der Waals surface area contributed by atoms with Crippen LogP contribution in [0.5, 0.6) is 0 Å². The van der Waals surface area contributed by atoms with Gasteiger partial charge in [-0.15, -0.1) is 0 Å². The van der Waals surface area contributed by atoms with E-state index in [9.17, 15) is 4.79 Å². The van der Waals surface area contributed by atoms with E-state index in [-0.39, 0.29) is 22.8 Å². The number of aryl methyl sites for hydroxylation is 1. The Labute approximate surface area is 148 Å². The molecule has 0 spiro atoms. The van der Waals surface area contributed by atoms with Crippen LogP contribution in [0.1, 0.15) is 16.1 Å². The van der Waals surface area contributed by atoms with Gasteiger partial charge in [-0.3, -0.25) is 4.79 Å². The van der Waals surface area contributed by atoms with Gasteiger partial charge in [0.15, 0.2) is 11.9 Å². The van der Waals surface area contributed by atoms with Gasteiger partial charge in [0.1, 0.15) is 0 Å². The quantitative estimate of drug-likeness (QED) is 0.459. The Morgan fingerprint density at radius 2 is 1.68 bits per heavy atom. The summed E-state index contributed by atoms with van der Waals surface area (Å²) in [6.45, 7) is 2.37.